The molecule has 2 N–H and O–H groups in total. The van der Waals surface area contributed by atoms with E-state index in [0.29, 0.717) is 5.41 Å². The van der Waals surface area contributed by atoms with Gasteiger partial charge in [0, 0.05) is 24.9 Å². The van der Waals surface area contributed by atoms with Crippen LogP contribution >= 0.6 is 12.4 Å². The van der Waals surface area contributed by atoms with Crippen LogP contribution in [0.5, 0.6) is 0 Å². The number of nitrogens with one attached hydrogen (secondary N) is 2. The fourth-order valence-corrected chi connectivity index (χ4v) is 2.00. The van der Waals surface area contributed by atoms with E-state index < -0.39 is 0 Å². The van der Waals surface area contributed by atoms with Crippen LogP contribution < -0.4 is 10.6 Å². The van der Waals surface area contributed by atoms with Gasteiger partial charge < -0.3 is 10.6 Å². The third-order valence-corrected chi connectivity index (χ3v) is 2.88. The van der Waals surface area contributed by atoms with Crippen molar-refractivity contribution in [3.05, 3.63) is 0 Å². The van der Waals surface area contributed by atoms with Crippen molar-refractivity contribution in [1.82, 2.24) is 10.6 Å². The highest BCUT2D eigenvalue weighted by atomic mass is 35.5. The van der Waals surface area contributed by atoms with Crippen LogP contribution in [0.25, 0.3) is 0 Å². The van der Waals surface area contributed by atoms with Crippen molar-refractivity contribution in [2.24, 2.45) is 5.41 Å². The van der Waals surface area contributed by atoms with Gasteiger partial charge in [0.2, 0.25) is 5.91 Å². The summed E-state index contributed by atoms with van der Waals surface area (Å²) in [6.07, 6.45) is 3.03. The normalized spacial score (nSPS) is 34.5. The van der Waals surface area contributed by atoms with Crippen LogP contribution in [0.3, 0.4) is 0 Å². The SMILES string of the molecule is Cl.O=C1CCC2(CCNC2)CN1. The molecule has 0 saturated carbocycles. The first kappa shape index (κ1) is 9.81. The predicted molar refractivity (Wildman–Crippen MR) is 49.4 cm³/mol. The fraction of sp³-hybridized carbons (Fsp3) is 0.875. The Morgan fingerprint density at radius 1 is 1.25 bits per heavy atom. The average Bonchev–Trinajstić information content (AvgIpc) is 2.45. The first-order valence-electron chi connectivity index (χ1n) is 4.28. The molecule has 2 heterocycles. The van der Waals surface area contributed by atoms with E-state index in [1.165, 1.54) is 6.42 Å². The second-order valence-corrected chi connectivity index (χ2v) is 3.70. The van der Waals surface area contributed by atoms with Crippen LogP contribution in [0.1, 0.15) is 19.3 Å². The summed E-state index contributed by atoms with van der Waals surface area (Å²) in [7, 11) is 0. The lowest BCUT2D eigenvalue weighted by Gasteiger charge is -2.32. The highest BCUT2D eigenvalue weighted by molar-refractivity contribution is 5.85. The van der Waals surface area contributed by atoms with Crippen LogP contribution in [0.4, 0.5) is 0 Å². The van der Waals surface area contributed by atoms with Crippen molar-refractivity contribution in [2.45, 2.75) is 19.3 Å². The largest absolute Gasteiger partial charge is 0.355 e. The maximum Gasteiger partial charge on any atom is 0.220 e. The van der Waals surface area contributed by atoms with Crippen LogP contribution in [-0.4, -0.2) is 25.5 Å². The van der Waals surface area contributed by atoms with Gasteiger partial charge in [-0.25, -0.2) is 0 Å². The van der Waals surface area contributed by atoms with E-state index in [9.17, 15) is 4.79 Å². The van der Waals surface area contributed by atoms with E-state index in [1.54, 1.807) is 0 Å². The fourth-order valence-electron chi connectivity index (χ4n) is 2.00. The molecule has 0 bridgehead atoms. The number of hydrogen-bond acceptors (Lipinski definition) is 2. The van der Waals surface area contributed by atoms with Gasteiger partial charge in [-0.05, 0) is 19.4 Å². The lowest BCUT2D eigenvalue weighted by atomic mass is 9.80. The Labute approximate surface area is 78.7 Å². The summed E-state index contributed by atoms with van der Waals surface area (Å²) < 4.78 is 0. The number of halogens is 1. The number of piperidine rings is 1. The molecule has 0 aromatic rings. The van der Waals surface area contributed by atoms with Gasteiger partial charge in [-0.15, -0.1) is 12.4 Å². The van der Waals surface area contributed by atoms with Gasteiger partial charge in [-0.1, -0.05) is 0 Å². The molecule has 0 aromatic carbocycles. The van der Waals surface area contributed by atoms with Crippen molar-refractivity contribution in [3.8, 4) is 0 Å². The summed E-state index contributed by atoms with van der Waals surface area (Å²) in [6, 6.07) is 0. The van der Waals surface area contributed by atoms with Crippen molar-refractivity contribution >= 4 is 18.3 Å². The summed E-state index contributed by atoms with van der Waals surface area (Å²) in [5, 5.41) is 6.28. The molecule has 2 rings (SSSR count). The number of amides is 1. The molecule has 70 valence electrons. The molecule has 1 unspecified atom stereocenters. The second kappa shape index (κ2) is 3.62. The molecule has 4 heteroatoms. The zero-order chi connectivity index (χ0) is 7.73. The van der Waals surface area contributed by atoms with Crippen molar-refractivity contribution in [2.75, 3.05) is 19.6 Å². The minimum absolute atomic E-state index is 0. The molecule has 1 atom stereocenters. The smallest absolute Gasteiger partial charge is 0.220 e. The summed E-state index contributed by atoms with van der Waals surface area (Å²) in [5.41, 5.74) is 0.411. The molecule has 1 spiro atoms. The number of carbonyl (C=O) groups excluding carboxylic acids is 1. The summed E-state index contributed by atoms with van der Waals surface area (Å²) in [4.78, 5) is 10.9. The third-order valence-electron chi connectivity index (χ3n) is 2.88. The lowest BCUT2D eigenvalue weighted by Crippen LogP contribution is -2.44. The topological polar surface area (TPSA) is 41.1 Å². The number of hydrogen-bond donors (Lipinski definition) is 2. The maximum atomic E-state index is 10.9. The van der Waals surface area contributed by atoms with E-state index in [0.717, 1.165) is 32.5 Å². The minimum Gasteiger partial charge on any atom is -0.355 e. The van der Waals surface area contributed by atoms with Gasteiger partial charge in [0.05, 0.1) is 0 Å². The van der Waals surface area contributed by atoms with Gasteiger partial charge in [0.15, 0.2) is 0 Å². The Morgan fingerprint density at radius 3 is 2.58 bits per heavy atom. The quantitative estimate of drug-likeness (QED) is 0.577. The molecule has 12 heavy (non-hydrogen) atoms. The Hall–Kier alpha value is -0.280. The zero-order valence-corrected chi connectivity index (χ0v) is 7.88. The van der Waals surface area contributed by atoms with Gasteiger partial charge in [-0.2, -0.15) is 0 Å². The average molecular weight is 191 g/mol. The molecule has 0 aliphatic carbocycles. The summed E-state index contributed by atoms with van der Waals surface area (Å²) in [6.45, 7) is 3.10. The van der Waals surface area contributed by atoms with Gasteiger partial charge in [0.25, 0.3) is 0 Å². The molecule has 1 amide bonds. The second-order valence-electron chi connectivity index (χ2n) is 3.70. The van der Waals surface area contributed by atoms with E-state index in [4.69, 9.17) is 0 Å². The van der Waals surface area contributed by atoms with E-state index >= 15 is 0 Å². The van der Waals surface area contributed by atoms with E-state index in [1.807, 2.05) is 0 Å². The molecule has 2 aliphatic rings. The number of rotatable bonds is 0. The Bertz CT molecular complexity index is 166. The van der Waals surface area contributed by atoms with Gasteiger partial charge >= 0.3 is 0 Å². The van der Waals surface area contributed by atoms with Gasteiger partial charge in [0.1, 0.15) is 0 Å². The van der Waals surface area contributed by atoms with Crippen LogP contribution in [0, 0.1) is 5.41 Å². The highest BCUT2D eigenvalue weighted by Gasteiger charge is 2.36. The molecule has 2 aliphatic heterocycles. The molecule has 0 aromatic heterocycles. The molecule has 0 radical (unpaired) electrons. The van der Waals surface area contributed by atoms with Crippen molar-refractivity contribution < 1.29 is 4.79 Å². The Kier molecular flexibility index (Phi) is 2.96. The molecular weight excluding hydrogens is 176 g/mol. The van der Waals surface area contributed by atoms with Crippen LogP contribution in [0.2, 0.25) is 0 Å². The van der Waals surface area contributed by atoms with Crippen molar-refractivity contribution in [3.63, 3.8) is 0 Å². The highest BCUT2D eigenvalue weighted by Crippen LogP contribution is 2.32. The van der Waals surface area contributed by atoms with Crippen LogP contribution in [0.15, 0.2) is 0 Å². The van der Waals surface area contributed by atoms with Gasteiger partial charge in [-0.3, -0.25) is 4.79 Å². The first-order chi connectivity index (χ1) is 5.31. The number of carbonyl (C=O) groups is 1. The zero-order valence-electron chi connectivity index (χ0n) is 7.06. The minimum atomic E-state index is 0. The molecule has 3 nitrogen and oxygen atoms in total. The maximum absolute atomic E-state index is 10.9. The van der Waals surface area contributed by atoms with E-state index in [-0.39, 0.29) is 18.3 Å². The lowest BCUT2D eigenvalue weighted by molar-refractivity contribution is -0.124. The van der Waals surface area contributed by atoms with Crippen molar-refractivity contribution in [1.29, 1.82) is 0 Å². The third kappa shape index (κ3) is 1.72. The predicted octanol–water partition coefficient (Wildman–Crippen LogP) is 0.298. The Morgan fingerprint density at radius 2 is 2.08 bits per heavy atom. The molecular formula is C8H15ClN2O. The van der Waals surface area contributed by atoms with Crippen LogP contribution in [-0.2, 0) is 4.79 Å². The molecule has 2 saturated heterocycles. The Balaban J connectivity index is 0.000000720. The first-order valence-corrected chi connectivity index (χ1v) is 4.28. The van der Waals surface area contributed by atoms with E-state index in [2.05, 4.69) is 10.6 Å². The summed E-state index contributed by atoms with van der Waals surface area (Å²) in [5.74, 6) is 0.225. The summed E-state index contributed by atoms with van der Waals surface area (Å²) >= 11 is 0. The monoisotopic (exact) mass is 190 g/mol. The molecule has 2 fully saturated rings. The standard InChI is InChI=1S/C8H14N2O.ClH/c11-7-1-2-8(6-10-7)3-4-9-5-8;/h9H,1-6H2,(H,10,11);1H.